The van der Waals surface area contributed by atoms with Gasteiger partial charge in [-0.2, -0.15) is 0 Å². The fourth-order valence-corrected chi connectivity index (χ4v) is 1.93. The molecule has 0 radical (unpaired) electrons. The van der Waals surface area contributed by atoms with E-state index in [1.165, 1.54) is 25.7 Å². The zero-order chi connectivity index (χ0) is 11.8. The first-order chi connectivity index (χ1) is 7.68. The van der Waals surface area contributed by atoms with Gasteiger partial charge in [-0.15, -0.1) is 0 Å². The van der Waals surface area contributed by atoms with E-state index in [-0.39, 0.29) is 6.10 Å². The van der Waals surface area contributed by atoms with Crippen molar-refractivity contribution in [2.75, 3.05) is 40.3 Å². The first-order valence-corrected chi connectivity index (χ1v) is 6.33. The standard InChI is InChI=1S/C12H26N2O2/c1-14(2)8-7-13-9-11(15)10-16-12-5-3-4-6-12/h11-13,15H,3-10H2,1-2H3. The number of hydrogen-bond donors (Lipinski definition) is 2. The van der Waals surface area contributed by atoms with Gasteiger partial charge in [0.15, 0.2) is 0 Å². The molecule has 1 fully saturated rings. The third kappa shape index (κ3) is 6.43. The number of nitrogens with one attached hydrogen (secondary N) is 1. The molecule has 0 aliphatic heterocycles. The molecule has 4 nitrogen and oxygen atoms in total. The van der Waals surface area contributed by atoms with Gasteiger partial charge in [-0.3, -0.25) is 0 Å². The maximum atomic E-state index is 9.67. The minimum absolute atomic E-state index is 0.372. The molecule has 4 heteroatoms. The van der Waals surface area contributed by atoms with Gasteiger partial charge in [-0.25, -0.2) is 0 Å². The summed E-state index contributed by atoms with van der Waals surface area (Å²) in [5.41, 5.74) is 0. The average molecular weight is 230 g/mol. The Balaban J connectivity index is 1.91. The molecule has 0 aromatic carbocycles. The lowest BCUT2D eigenvalue weighted by molar-refractivity contribution is -0.00541. The van der Waals surface area contributed by atoms with Gasteiger partial charge in [-0.05, 0) is 26.9 Å². The Morgan fingerprint density at radius 2 is 2.06 bits per heavy atom. The predicted octanol–water partition coefficient (Wildman–Crippen LogP) is 0.458. The molecule has 0 bridgehead atoms. The average Bonchev–Trinajstić information content (AvgIpc) is 2.74. The number of nitrogens with zero attached hydrogens (tertiary/aromatic N) is 1. The Labute approximate surface area is 99.0 Å². The summed E-state index contributed by atoms with van der Waals surface area (Å²) in [5, 5.41) is 12.9. The van der Waals surface area contributed by atoms with Crippen molar-refractivity contribution in [3.63, 3.8) is 0 Å². The molecule has 96 valence electrons. The van der Waals surface area contributed by atoms with Crippen molar-refractivity contribution in [1.82, 2.24) is 10.2 Å². The summed E-state index contributed by atoms with van der Waals surface area (Å²) < 4.78 is 5.64. The number of ether oxygens (including phenoxy) is 1. The van der Waals surface area contributed by atoms with Gasteiger partial charge < -0.3 is 20.1 Å². The third-order valence-electron chi connectivity index (χ3n) is 2.94. The summed E-state index contributed by atoms with van der Waals surface area (Å²) in [5.74, 6) is 0. The molecular weight excluding hydrogens is 204 g/mol. The first kappa shape index (κ1) is 13.9. The van der Waals surface area contributed by atoms with Crippen LogP contribution in [0.3, 0.4) is 0 Å². The summed E-state index contributed by atoms with van der Waals surface area (Å²) in [6.45, 7) is 3.00. The summed E-state index contributed by atoms with van der Waals surface area (Å²) in [4.78, 5) is 2.12. The largest absolute Gasteiger partial charge is 0.389 e. The van der Waals surface area contributed by atoms with Crippen LogP contribution >= 0.6 is 0 Å². The smallest absolute Gasteiger partial charge is 0.0897 e. The lowest BCUT2D eigenvalue weighted by atomic mass is 10.3. The second-order valence-electron chi connectivity index (χ2n) is 4.90. The van der Waals surface area contributed by atoms with Crippen molar-refractivity contribution in [1.29, 1.82) is 0 Å². The summed E-state index contributed by atoms with van der Waals surface area (Å²) in [6, 6.07) is 0. The van der Waals surface area contributed by atoms with Crippen LogP contribution in [-0.4, -0.2) is 62.6 Å². The molecule has 0 saturated heterocycles. The number of rotatable bonds is 8. The normalized spacial score (nSPS) is 19.5. The first-order valence-electron chi connectivity index (χ1n) is 6.33. The van der Waals surface area contributed by atoms with Crippen LogP contribution in [0.1, 0.15) is 25.7 Å². The van der Waals surface area contributed by atoms with Gasteiger partial charge in [-0.1, -0.05) is 12.8 Å². The Kier molecular flexibility index (Phi) is 6.96. The van der Waals surface area contributed by atoms with Crippen LogP contribution in [0, 0.1) is 0 Å². The Hall–Kier alpha value is -0.160. The van der Waals surface area contributed by atoms with E-state index in [0.717, 1.165) is 13.1 Å². The molecule has 1 aliphatic rings. The van der Waals surface area contributed by atoms with Gasteiger partial charge in [0, 0.05) is 19.6 Å². The quantitative estimate of drug-likeness (QED) is 0.595. The maximum Gasteiger partial charge on any atom is 0.0897 e. The van der Waals surface area contributed by atoms with Crippen molar-refractivity contribution < 1.29 is 9.84 Å². The van der Waals surface area contributed by atoms with Gasteiger partial charge in [0.05, 0.1) is 18.8 Å². The van der Waals surface area contributed by atoms with Crippen LogP contribution in [0.25, 0.3) is 0 Å². The number of hydrogen-bond acceptors (Lipinski definition) is 4. The second-order valence-corrected chi connectivity index (χ2v) is 4.90. The molecule has 0 heterocycles. The highest BCUT2D eigenvalue weighted by molar-refractivity contribution is 4.68. The number of aliphatic hydroxyl groups excluding tert-OH is 1. The number of likely N-dealkylation sites (N-methyl/N-ethyl adjacent to an activating group) is 1. The van der Waals surface area contributed by atoms with Crippen LogP contribution in [0.5, 0.6) is 0 Å². The zero-order valence-corrected chi connectivity index (χ0v) is 10.6. The van der Waals surface area contributed by atoms with Gasteiger partial charge in [0.1, 0.15) is 0 Å². The fraction of sp³-hybridized carbons (Fsp3) is 1.00. The van der Waals surface area contributed by atoms with Crippen LogP contribution < -0.4 is 5.32 Å². The molecule has 1 rings (SSSR count). The third-order valence-corrected chi connectivity index (χ3v) is 2.94. The Bertz CT molecular complexity index is 170. The lowest BCUT2D eigenvalue weighted by Gasteiger charge is -2.16. The SMILES string of the molecule is CN(C)CCNCC(O)COC1CCCC1. The van der Waals surface area contributed by atoms with E-state index in [1.807, 2.05) is 14.1 Å². The van der Waals surface area contributed by atoms with E-state index in [4.69, 9.17) is 4.74 Å². The highest BCUT2D eigenvalue weighted by Gasteiger charge is 2.16. The molecule has 0 amide bonds. The molecule has 16 heavy (non-hydrogen) atoms. The lowest BCUT2D eigenvalue weighted by Crippen LogP contribution is -2.35. The van der Waals surface area contributed by atoms with E-state index in [0.29, 0.717) is 19.3 Å². The summed E-state index contributed by atoms with van der Waals surface area (Å²) >= 11 is 0. The molecule has 1 saturated carbocycles. The molecule has 1 atom stereocenters. The van der Waals surface area contributed by atoms with Crippen LogP contribution in [0.4, 0.5) is 0 Å². The van der Waals surface area contributed by atoms with Gasteiger partial charge in [0.25, 0.3) is 0 Å². The molecule has 1 aliphatic carbocycles. The van der Waals surface area contributed by atoms with E-state index in [9.17, 15) is 5.11 Å². The number of aliphatic hydroxyl groups is 1. The van der Waals surface area contributed by atoms with Crippen molar-refractivity contribution in [3.05, 3.63) is 0 Å². The minimum Gasteiger partial charge on any atom is -0.389 e. The van der Waals surface area contributed by atoms with Crippen molar-refractivity contribution in [2.45, 2.75) is 37.9 Å². The van der Waals surface area contributed by atoms with Crippen molar-refractivity contribution in [3.8, 4) is 0 Å². The Morgan fingerprint density at radius 3 is 2.69 bits per heavy atom. The maximum absolute atomic E-state index is 9.67. The van der Waals surface area contributed by atoms with Crippen LogP contribution in [0.2, 0.25) is 0 Å². The van der Waals surface area contributed by atoms with Crippen LogP contribution in [0.15, 0.2) is 0 Å². The van der Waals surface area contributed by atoms with Gasteiger partial charge in [0.2, 0.25) is 0 Å². The molecule has 0 spiro atoms. The van der Waals surface area contributed by atoms with Crippen molar-refractivity contribution in [2.24, 2.45) is 0 Å². The van der Waals surface area contributed by atoms with E-state index in [2.05, 4.69) is 10.2 Å². The van der Waals surface area contributed by atoms with Gasteiger partial charge >= 0.3 is 0 Å². The molecule has 2 N–H and O–H groups in total. The molecule has 1 unspecified atom stereocenters. The molecule has 0 aromatic rings. The molecule has 0 aromatic heterocycles. The van der Waals surface area contributed by atoms with E-state index in [1.54, 1.807) is 0 Å². The summed E-state index contributed by atoms with van der Waals surface area (Å²) in [7, 11) is 4.09. The Morgan fingerprint density at radius 1 is 1.38 bits per heavy atom. The van der Waals surface area contributed by atoms with E-state index >= 15 is 0 Å². The monoisotopic (exact) mass is 230 g/mol. The minimum atomic E-state index is -0.372. The van der Waals surface area contributed by atoms with Crippen molar-refractivity contribution >= 4 is 0 Å². The second kappa shape index (κ2) is 8.01. The highest BCUT2D eigenvalue weighted by atomic mass is 16.5. The topological polar surface area (TPSA) is 44.7 Å². The zero-order valence-electron chi connectivity index (χ0n) is 10.6. The highest BCUT2D eigenvalue weighted by Crippen LogP contribution is 2.20. The summed E-state index contributed by atoms with van der Waals surface area (Å²) in [6.07, 6.45) is 4.92. The molecular formula is C12H26N2O2. The van der Waals surface area contributed by atoms with Crippen LogP contribution in [-0.2, 0) is 4.74 Å². The fourth-order valence-electron chi connectivity index (χ4n) is 1.93. The van der Waals surface area contributed by atoms with E-state index < -0.39 is 0 Å². The predicted molar refractivity (Wildman–Crippen MR) is 65.6 cm³/mol.